The lowest BCUT2D eigenvalue weighted by Crippen LogP contribution is -2.47. The molecule has 1 aliphatic heterocycles. The van der Waals surface area contributed by atoms with Crippen LogP contribution in [0.1, 0.15) is 71.6 Å². The summed E-state index contributed by atoms with van der Waals surface area (Å²) in [6.45, 7) is 7.15. The predicted octanol–water partition coefficient (Wildman–Crippen LogP) is 5.73. The Hall–Kier alpha value is -3.52. The summed E-state index contributed by atoms with van der Waals surface area (Å²) in [5.74, 6) is -0.339. The molecule has 2 amide bonds. The maximum Gasteiger partial charge on any atom is 0.269 e. The molecule has 1 aromatic heterocycles. The van der Waals surface area contributed by atoms with Crippen LogP contribution in [0.4, 0.5) is 5.69 Å². The molecule has 192 valence electrons. The summed E-state index contributed by atoms with van der Waals surface area (Å²) >= 11 is 1.73. The largest absolute Gasteiger partial charge is 0.330 e. The number of thiophene rings is 1. The summed E-state index contributed by atoms with van der Waals surface area (Å²) in [6.07, 6.45) is 2.52. The number of amides is 2. The van der Waals surface area contributed by atoms with Gasteiger partial charge in [-0.05, 0) is 64.9 Å². The predicted molar refractivity (Wildman–Crippen MR) is 144 cm³/mol. The number of nitrogens with zero attached hydrogens (tertiary/aromatic N) is 3. The first-order valence-electron chi connectivity index (χ1n) is 12.6. The average Bonchev–Trinajstić information content (AvgIpc) is 3.61. The van der Waals surface area contributed by atoms with E-state index in [1.54, 1.807) is 16.2 Å². The van der Waals surface area contributed by atoms with Crippen molar-refractivity contribution in [1.29, 1.82) is 0 Å². The smallest absolute Gasteiger partial charge is 0.269 e. The highest BCUT2D eigenvalue weighted by molar-refractivity contribution is 7.10. The van der Waals surface area contributed by atoms with Crippen LogP contribution in [0, 0.1) is 10.1 Å². The summed E-state index contributed by atoms with van der Waals surface area (Å²) < 4.78 is 0. The van der Waals surface area contributed by atoms with Crippen molar-refractivity contribution >= 4 is 28.8 Å². The molecule has 37 heavy (non-hydrogen) atoms. The first kappa shape index (κ1) is 25.1. The number of carbonyl (C=O) groups excluding carboxylic acids is 2. The Bertz CT molecular complexity index is 1320. The minimum Gasteiger partial charge on any atom is -0.330 e. The zero-order valence-corrected chi connectivity index (χ0v) is 22.2. The zero-order chi connectivity index (χ0) is 26.3. The van der Waals surface area contributed by atoms with Gasteiger partial charge in [0, 0.05) is 35.2 Å². The average molecular weight is 518 g/mol. The zero-order valence-electron chi connectivity index (χ0n) is 21.3. The molecule has 0 spiro atoms. The molecule has 0 bridgehead atoms. The van der Waals surface area contributed by atoms with Crippen LogP contribution in [0.15, 0.2) is 60.0 Å². The van der Waals surface area contributed by atoms with E-state index >= 15 is 0 Å². The van der Waals surface area contributed by atoms with Crippen LogP contribution >= 0.6 is 11.3 Å². The fourth-order valence-electron chi connectivity index (χ4n) is 4.99. The van der Waals surface area contributed by atoms with Gasteiger partial charge in [0.15, 0.2) is 0 Å². The van der Waals surface area contributed by atoms with E-state index in [1.165, 1.54) is 34.7 Å². The second-order valence-corrected chi connectivity index (χ2v) is 11.9. The van der Waals surface area contributed by atoms with Crippen LogP contribution < -0.4 is 0 Å². The lowest BCUT2D eigenvalue weighted by Gasteiger charge is -2.38. The summed E-state index contributed by atoms with van der Waals surface area (Å²) in [7, 11) is 0. The van der Waals surface area contributed by atoms with Gasteiger partial charge >= 0.3 is 0 Å². The van der Waals surface area contributed by atoms with Gasteiger partial charge in [-0.25, -0.2) is 0 Å². The van der Waals surface area contributed by atoms with E-state index in [0.29, 0.717) is 12.1 Å². The highest BCUT2D eigenvalue weighted by Crippen LogP contribution is 2.39. The summed E-state index contributed by atoms with van der Waals surface area (Å²) in [5.41, 5.74) is 3.80. The van der Waals surface area contributed by atoms with Crippen molar-refractivity contribution in [3.05, 3.63) is 97.2 Å². The number of rotatable bonds is 6. The highest BCUT2D eigenvalue weighted by atomic mass is 32.1. The maximum atomic E-state index is 13.8. The molecule has 1 saturated carbocycles. The Labute approximate surface area is 220 Å². The maximum absolute atomic E-state index is 13.8. The number of hydrogen-bond acceptors (Lipinski definition) is 5. The van der Waals surface area contributed by atoms with Crippen molar-refractivity contribution in [2.24, 2.45) is 0 Å². The molecule has 0 saturated heterocycles. The third kappa shape index (κ3) is 5.16. The fourth-order valence-corrected chi connectivity index (χ4v) is 5.89. The molecule has 5 rings (SSSR count). The first-order valence-corrected chi connectivity index (χ1v) is 13.5. The van der Waals surface area contributed by atoms with E-state index in [2.05, 4.69) is 56.5 Å². The van der Waals surface area contributed by atoms with Gasteiger partial charge in [-0.3, -0.25) is 19.7 Å². The molecule has 0 radical (unpaired) electrons. The Morgan fingerprint density at radius 3 is 2.32 bits per heavy atom. The SMILES string of the molecule is CC(C)(C)c1ccc([C@H]2c3ccsc3CCN2C(=O)CN(C(=O)c2ccc([N+](=O)[O-])cc2)C2CC2)cc1. The summed E-state index contributed by atoms with van der Waals surface area (Å²) in [6, 6.07) is 16.1. The van der Waals surface area contributed by atoms with Crippen molar-refractivity contribution in [3.63, 3.8) is 0 Å². The van der Waals surface area contributed by atoms with Crippen molar-refractivity contribution in [2.75, 3.05) is 13.1 Å². The third-order valence-corrected chi connectivity index (χ3v) is 8.25. The van der Waals surface area contributed by atoms with Gasteiger partial charge in [-0.15, -0.1) is 11.3 Å². The molecule has 0 unspecified atom stereocenters. The number of fused-ring (bicyclic) bond motifs is 1. The van der Waals surface area contributed by atoms with Crippen LogP contribution in [0.5, 0.6) is 0 Å². The second-order valence-electron chi connectivity index (χ2n) is 10.9. The van der Waals surface area contributed by atoms with E-state index in [1.807, 2.05) is 4.90 Å². The molecular weight excluding hydrogens is 486 g/mol. The standard InChI is InChI=1S/C29H31N3O4S/c1-29(2,3)21-8-4-19(5-9-21)27-24-15-17-37-25(24)14-16-30(27)26(33)18-31(22-12-13-22)28(34)20-6-10-23(11-7-20)32(35)36/h4-11,15,17,22,27H,12-14,16,18H2,1-3H3/t27-/m0/s1. The Balaban J connectivity index is 1.41. The van der Waals surface area contributed by atoms with Crippen LogP contribution in [-0.2, 0) is 16.6 Å². The summed E-state index contributed by atoms with van der Waals surface area (Å²) in [4.78, 5) is 42.5. The van der Waals surface area contributed by atoms with Crippen LogP contribution in [0.2, 0.25) is 0 Å². The topological polar surface area (TPSA) is 83.8 Å². The fraction of sp³-hybridized carbons (Fsp3) is 0.379. The molecule has 2 aromatic carbocycles. The lowest BCUT2D eigenvalue weighted by molar-refractivity contribution is -0.384. The molecule has 2 aliphatic rings. The van der Waals surface area contributed by atoms with E-state index in [4.69, 9.17) is 0 Å². The van der Waals surface area contributed by atoms with Gasteiger partial charge in [0.25, 0.3) is 11.6 Å². The van der Waals surface area contributed by atoms with Gasteiger partial charge in [-0.1, -0.05) is 45.0 Å². The minimum absolute atomic E-state index is 0.00344. The van der Waals surface area contributed by atoms with Crippen molar-refractivity contribution in [1.82, 2.24) is 9.80 Å². The van der Waals surface area contributed by atoms with E-state index < -0.39 is 4.92 Å². The molecule has 3 aromatic rings. The van der Waals surface area contributed by atoms with Crippen LogP contribution in [-0.4, -0.2) is 45.7 Å². The first-order chi connectivity index (χ1) is 17.6. The Morgan fingerprint density at radius 1 is 1.05 bits per heavy atom. The molecular formula is C29H31N3O4S. The molecule has 7 nitrogen and oxygen atoms in total. The van der Waals surface area contributed by atoms with E-state index in [-0.39, 0.29) is 41.5 Å². The number of nitro groups is 1. The monoisotopic (exact) mass is 517 g/mol. The molecule has 2 heterocycles. The Kier molecular flexibility index (Phi) is 6.62. The lowest BCUT2D eigenvalue weighted by atomic mass is 9.85. The van der Waals surface area contributed by atoms with E-state index in [0.717, 1.165) is 30.4 Å². The number of benzene rings is 2. The van der Waals surface area contributed by atoms with Gasteiger partial charge in [0.1, 0.15) is 6.54 Å². The quantitative estimate of drug-likeness (QED) is 0.309. The minimum atomic E-state index is -0.486. The van der Waals surface area contributed by atoms with Crippen molar-refractivity contribution < 1.29 is 14.5 Å². The number of non-ortho nitro benzene ring substituents is 1. The molecule has 0 N–H and O–H groups in total. The van der Waals surface area contributed by atoms with Crippen molar-refractivity contribution in [2.45, 2.75) is 57.5 Å². The number of carbonyl (C=O) groups is 2. The van der Waals surface area contributed by atoms with Crippen molar-refractivity contribution in [3.8, 4) is 0 Å². The highest BCUT2D eigenvalue weighted by Gasteiger charge is 2.38. The normalized spacial score (nSPS) is 17.3. The molecule has 1 fully saturated rings. The van der Waals surface area contributed by atoms with Gasteiger partial charge in [0.05, 0.1) is 11.0 Å². The van der Waals surface area contributed by atoms with Gasteiger partial charge < -0.3 is 9.80 Å². The van der Waals surface area contributed by atoms with Gasteiger partial charge in [0.2, 0.25) is 5.91 Å². The summed E-state index contributed by atoms with van der Waals surface area (Å²) in [5, 5.41) is 13.1. The Morgan fingerprint density at radius 2 is 1.73 bits per heavy atom. The van der Waals surface area contributed by atoms with E-state index in [9.17, 15) is 19.7 Å². The number of hydrogen-bond donors (Lipinski definition) is 0. The van der Waals surface area contributed by atoms with Crippen LogP contribution in [0.25, 0.3) is 0 Å². The second kappa shape index (κ2) is 9.74. The molecule has 1 aliphatic carbocycles. The molecule has 8 heteroatoms. The van der Waals surface area contributed by atoms with Gasteiger partial charge in [-0.2, -0.15) is 0 Å². The molecule has 1 atom stereocenters. The number of nitro benzene ring substituents is 1. The third-order valence-electron chi connectivity index (χ3n) is 7.26. The van der Waals surface area contributed by atoms with Crippen LogP contribution in [0.3, 0.4) is 0 Å².